The van der Waals surface area contributed by atoms with Crippen LogP contribution >= 0.6 is 0 Å². The van der Waals surface area contributed by atoms with Gasteiger partial charge in [0.2, 0.25) is 5.96 Å². The molecule has 0 spiro atoms. The highest BCUT2D eigenvalue weighted by atomic mass is 16.1. The summed E-state index contributed by atoms with van der Waals surface area (Å²) >= 11 is 0. The van der Waals surface area contributed by atoms with E-state index in [1.54, 1.807) is 5.01 Å². The molecule has 5 N–H and O–H groups in total. The fourth-order valence-corrected chi connectivity index (χ4v) is 5.64. The van der Waals surface area contributed by atoms with Crippen molar-refractivity contribution in [2.24, 2.45) is 5.73 Å². The van der Waals surface area contributed by atoms with Crippen molar-refractivity contribution in [2.45, 2.75) is 89.9 Å². The third-order valence-electron chi connectivity index (χ3n) is 7.25. The molecule has 2 aliphatic heterocycles. The second kappa shape index (κ2) is 9.58. The number of piperidine rings is 1. The van der Waals surface area contributed by atoms with Crippen molar-refractivity contribution in [1.82, 2.24) is 25.3 Å². The van der Waals surface area contributed by atoms with Gasteiger partial charge in [0, 0.05) is 24.7 Å². The maximum absolute atomic E-state index is 12.8. The van der Waals surface area contributed by atoms with Gasteiger partial charge in [-0.15, -0.1) is 0 Å². The molecule has 1 aromatic carbocycles. The number of nitrogens with two attached hydrogens (primary N) is 1. The van der Waals surface area contributed by atoms with E-state index in [1.807, 2.05) is 12.1 Å². The quantitative estimate of drug-likeness (QED) is 0.406. The summed E-state index contributed by atoms with van der Waals surface area (Å²) in [6, 6.07) is 7.73. The molecule has 1 aromatic heterocycles. The second-order valence-electron chi connectivity index (χ2n) is 9.59. The van der Waals surface area contributed by atoms with Gasteiger partial charge in [-0.3, -0.25) is 20.1 Å². The Labute approximate surface area is 190 Å². The number of likely N-dealkylation sites (tertiary alicyclic amines) is 1. The van der Waals surface area contributed by atoms with E-state index < -0.39 is 0 Å². The molecular weight excluding hydrogens is 402 g/mol. The molecular formula is C24H37N7O. The summed E-state index contributed by atoms with van der Waals surface area (Å²) in [4.78, 5) is 23.3. The van der Waals surface area contributed by atoms with E-state index in [1.165, 1.54) is 19.3 Å². The van der Waals surface area contributed by atoms with Crippen molar-refractivity contribution < 1.29 is 0 Å². The van der Waals surface area contributed by atoms with Crippen LogP contribution in [0.3, 0.4) is 0 Å². The number of hydrogen-bond acceptors (Lipinski definition) is 5. The summed E-state index contributed by atoms with van der Waals surface area (Å²) in [7, 11) is 0. The molecule has 2 aromatic rings. The van der Waals surface area contributed by atoms with E-state index in [-0.39, 0.29) is 17.6 Å². The number of fused-ring (bicyclic) bond motifs is 1. The number of aryl methyl sites for hydroxylation is 1. The molecule has 4 unspecified atom stereocenters. The highest BCUT2D eigenvalue weighted by Gasteiger charge is 2.29. The minimum Gasteiger partial charge on any atom is -0.369 e. The Bertz CT molecular complexity index is 1010. The van der Waals surface area contributed by atoms with Crippen LogP contribution in [0, 0.1) is 5.41 Å². The van der Waals surface area contributed by atoms with E-state index in [4.69, 9.17) is 16.1 Å². The van der Waals surface area contributed by atoms with Crippen molar-refractivity contribution in [1.29, 1.82) is 5.41 Å². The summed E-state index contributed by atoms with van der Waals surface area (Å²) in [5.74, 6) is -0.0467. The van der Waals surface area contributed by atoms with Crippen LogP contribution in [0.1, 0.15) is 76.6 Å². The minimum atomic E-state index is -0.231. The lowest BCUT2D eigenvalue weighted by Crippen LogP contribution is -2.48. The van der Waals surface area contributed by atoms with Crippen molar-refractivity contribution >= 4 is 17.0 Å². The topological polar surface area (TPSA) is 114 Å². The zero-order chi connectivity index (χ0) is 22.8. The lowest BCUT2D eigenvalue weighted by atomic mass is 9.93. The lowest BCUT2D eigenvalue weighted by Gasteiger charge is -2.43. The molecule has 32 heavy (non-hydrogen) atoms. The molecule has 0 radical (unpaired) electrons. The zero-order valence-electron chi connectivity index (χ0n) is 19.5. The second-order valence-corrected chi connectivity index (χ2v) is 9.59. The number of nitrogens with zero attached hydrogens (tertiary/aromatic N) is 3. The maximum Gasteiger partial charge on any atom is 0.271 e. The first kappa shape index (κ1) is 22.7. The number of para-hydroxylation sites is 1. The Morgan fingerprint density at radius 1 is 1.28 bits per heavy atom. The molecule has 4 rings (SSSR count). The Morgan fingerprint density at radius 2 is 2.03 bits per heavy atom. The molecule has 0 amide bonds. The number of hydrogen-bond donors (Lipinski definition) is 4. The Morgan fingerprint density at radius 3 is 2.72 bits per heavy atom. The van der Waals surface area contributed by atoms with E-state index in [9.17, 15) is 4.79 Å². The first-order valence-corrected chi connectivity index (χ1v) is 12.0. The van der Waals surface area contributed by atoms with Crippen molar-refractivity contribution in [3.8, 4) is 0 Å². The number of guanidine groups is 1. The predicted octanol–water partition coefficient (Wildman–Crippen LogP) is 3.04. The number of rotatable bonds is 6. The number of aromatic nitrogens is 2. The summed E-state index contributed by atoms with van der Waals surface area (Å²) in [6.45, 7) is 7.67. The number of benzene rings is 1. The van der Waals surface area contributed by atoms with Gasteiger partial charge in [0.25, 0.3) is 5.56 Å². The molecule has 174 valence electrons. The third-order valence-corrected chi connectivity index (χ3v) is 7.25. The molecule has 3 heterocycles. The monoisotopic (exact) mass is 439 g/mol. The Kier molecular flexibility index (Phi) is 6.81. The van der Waals surface area contributed by atoms with E-state index in [2.05, 4.69) is 42.1 Å². The minimum absolute atomic E-state index is 0.0467. The summed E-state index contributed by atoms with van der Waals surface area (Å²) in [6.07, 6.45) is 7.78. The summed E-state index contributed by atoms with van der Waals surface area (Å²) < 4.78 is 0. The van der Waals surface area contributed by atoms with E-state index in [0.29, 0.717) is 36.8 Å². The molecule has 8 nitrogen and oxygen atoms in total. The standard InChI is InChI=1S/C24H37N7O/c1-15-7-4-8-16(2)31(15)17(3)9-5-10-18-11-6-12-19-21(18)28-23(32)22(27-19)20-13-14-30(29-20)24(25)26/h6,11-12,15-17,20,29H,4-5,7-10,13-14H2,1-3H3,(H3,25,26)(H,28,32). The first-order chi connectivity index (χ1) is 15.3. The largest absolute Gasteiger partial charge is 0.369 e. The molecule has 0 bridgehead atoms. The molecule has 2 aliphatic rings. The van der Waals surface area contributed by atoms with Crippen LogP contribution in [0.2, 0.25) is 0 Å². The predicted molar refractivity (Wildman–Crippen MR) is 128 cm³/mol. The number of nitrogens with one attached hydrogen (secondary N) is 3. The van der Waals surface area contributed by atoms with Gasteiger partial charge in [-0.25, -0.2) is 10.4 Å². The van der Waals surface area contributed by atoms with Crippen molar-refractivity contribution in [3.05, 3.63) is 39.8 Å². The van der Waals surface area contributed by atoms with E-state index in [0.717, 1.165) is 35.9 Å². The molecule has 0 saturated carbocycles. The summed E-state index contributed by atoms with van der Waals surface area (Å²) in [5, 5.41) is 9.12. The van der Waals surface area contributed by atoms with E-state index >= 15 is 0 Å². The molecule has 0 aliphatic carbocycles. The molecule has 2 saturated heterocycles. The fraction of sp³-hybridized carbons (Fsp3) is 0.625. The van der Waals surface area contributed by atoms with Gasteiger partial charge < -0.3 is 10.7 Å². The maximum atomic E-state index is 12.8. The molecule has 8 heteroatoms. The van der Waals surface area contributed by atoms with Crippen LogP contribution in [-0.4, -0.2) is 50.5 Å². The lowest BCUT2D eigenvalue weighted by molar-refractivity contribution is 0.0580. The Balaban J connectivity index is 1.45. The van der Waals surface area contributed by atoms with Gasteiger partial charge in [0.1, 0.15) is 5.69 Å². The van der Waals surface area contributed by atoms with Crippen molar-refractivity contribution in [2.75, 3.05) is 6.54 Å². The third kappa shape index (κ3) is 4.66. The normalized spacial score (nSPS) is 25.3. The number of hydrazine groups is 1. The van der Waals surface area contributed by atoms with Gasteiger partial charge in [0.05, 0.1) is 17.1 Å². The summed E-state index contributed by atoms with van der Waals surface area (Å²) in [5.41, 5.74) is 11.8. The fourth-order valence-electron chi connectivity index (χ4n) is 5.64. The van der Waals surface area contributed by atoms with Gasteiger partial charge in [-0.1, -0.05) is 18.6 Å². The zero-order valence-corrected chi connectivity index (χ0v) is 19.5. The van der Waals surface area contributed by atoms with Gasteiger partial charge in [0.15, 0.2) is 0 Å². The molecule has 2 fully saturated rings. The average molecular weight is 440 g/mol. The average Bonchev–Trinajstić information content (AvgIpc) is 3.24. The molecule has 4 atom stereocenters. The highest BCUT2D eigenvalue weighted by Crippen LogP contribution is 2.27. The van der Waals surface area contributed by atoms with Crippen LogP contribution in [-0.2, 0) is 6.42 Å². The Hall–Kier alpha value is -2.45. The van der Waals surface area contributed by atoms with Gasteiger partial charge in [-0.05, 0) is 70.9 Å². The number of aromatic amines is 1. The number of H-pyrrole nitrogens is 1. The smallest absolute Gasteiger partial charge is 0.271 e. The highest BCUT2D eigenvalue weighted by molar-refractivity contribution is 5.78. The van der Waals surface area contributed by atoms with Crippen LogP contribution in [0.5, 0.6) is 0 Å². The van der Waals surface area contributed by atoms with Crippen LogP contribution in [0.25, 0.3) is 11.0 Å². The first-order valence-electron chi connectivity index (χ1n) is 12.0. The van der Waals surface area contributed by atoms with Gasteiger partial charge in [-0.2, -0.15) is 0 Å². The van der Waals surface area contributed by atoms with Crippen LogP contribution in [0.15, 0.2) is 23.0 Å². The van der Waals surface area contributed by atoms with Gasteiger partial charge >= 0.3 is 0 Å². The van der Waals surface area contributed by atoms with Crippen molar-refractivity contribution in [3.63, 3.8) is 0 Å². The van der Waals surface area contributed by atoms with Crippen LogP contribution < -0.4 is 16.7 Å². The van der Waals surface area contributed by atoms with Crippen LogP contribution in [0.4, 0.5) is 0 Å². The SMILES string of the molecule is CC(CCCc1cccc2nc(C3CCN(C(=N)N)N3)c(=O)[nH]c12)N1C(C)CCCC1C.